The van der Waals surface area contributed by atoms with Crippen molar-refractivity contribution in [3.63, 3.8) is 0 Å². The Kier molecular flexibility index (Phi) is 4.39. The molecule has 2 N–H and O–H groups in total. The molecule has 0 amide bonds. The summed E-state index contributed by atoms with van der Waals surface area (Å²) in [6, 6.07) is 15.2. The first-order valence-electron chi connectivity index (χ1n) is 7.03. The van der Waals surface area contributed by atoms with Crippen molar-refractivity contribution < 1.29 is 0 Å². The Bertz CT molecular complexity index is 540. The van der Waals surface area contributed by atoms with Crippen molar-refractivity contribution in [2.45, 2.75) is 39.7 Å². The summed E-state index contributed by atoms with van der Waals surface area (Å²) in [4.78, 5) is 0. The number of benzene rings is 2. The van der Waals surface area contributed by atoms with E-state index in [1.54, 1.807) is 0 Å². The molecule has 0 fully saturated rings. The molecule has 19 heavy (non-hydrogen) atoms. The number of rotatable bonds is 4. The van der Waals surface area contributed by atoms with Gasteiger partial charge in [-0.2, -0.15) is 0 Å². The van der Waals surface area contributed by atoms with Gasteiger partial charge in [0.2, 0.25) is 0 Å². The Morgan fingerprint density at radius 3 is 2.32 bits per heavy atom. The van der Waals surface area contributed by atoms with Crippen LogP contribution in [0.5, 0.6) is 0 Å². The highest BCUT2D eigenvalue weighted by atomic mass is 14.6. The van der Waals surface area contributed by atoms with Crippen molar-refractivity contribution in [1.82, 2.24) is 0 Å². The first-order valence-corrected chi connectivity index (χ1v) is 7.03. The van der Waals surface area contributed by atoms with Crippen molar-refractivity contribution in [2.75, 3.05) is 0 Å². The molecule has 1 unspecified atom stereocenters. The number of nitrogens with two attached hydrogens (primary N) is 1. The molecule has 0 radical (unpaired) electrons. The summed E-state index contributed by atoms with van der Waals surface area (Å²) in [5.74, 6) is 0. The molecule has 0 saturated heterocycles. The van der Waals surface area contributed by atoms with E-state index in [2.05, 4.69) is 63.2 Å². The third kappa shape index (κ3) is 3.24. The summed E-state index contributed by atoms with van der Waals surface area (Å²) in [5, 5.41) is 0. The number of hydrogen-bond donors (Lipinski definition) is 1. The summed E-state index contributed by atoms with van der Waals surface area (Å²) in [7, 11) is 0. The van der Waals surface area contributed by atoms with E-state index in [-0.39, 0.29) is 6.04 Å². The van der Waals surface area contributed by atoms with E-state index in [1.165, 1.54) is 34.2 Å². The van der Waals surface area contributed by atoms with Crippen LogP contribution >= 0.6 is 0 Å². The van der Waals surface area contributed by atoms with Gasteiger partial charge in [0.1, 0.15) is 0 Å². The van der Waals surface area contributed by atoms with Gasteiger partial charge < -0.3 is 5.73 Å². The zero-order valence-electron chi connectivity index (χ0n) is 12.1. The molecular formula is C18H23N. The van der Waals surface area contributed by atoms with E-state index in [4.69, 9.17) is 5.73 Å². The number of hydrogen-bond acceptors (Lipinski definition) is 1. The molecule has 0 aliphatic carbocycles. The van der Waals surface area contributed by atoms with Gasteiger partial charge in [-0.05, 0) is 42.5 Å². The molecule has 0 spiro atoms. The molecule has 0 bridgehead atoms. The quantitative estimate of drug-likeness (QED) is 0.863. The summed E-state index contributed by atoms with van der Waals surface area (Å²) in [6.45, 7) is 6.44. The van der Waals surface area contributed by atoms with Crippen LogP contribution in [0.15, 0.2) is 42.5 Å². The second kappa shape index (κ2) is 6.03. The first kappa shape index (κ1) is 13.8. The van der Waals surface area contributed by atoms with Crippen molar-refractivity contribution in [3.8, 4) is 0 Å². The maximum atomic E-state index is 6.41. The van der Waals surface area contributed by atoms with Gasteiger partial charge in [-0.15, -0.1) is 0 Å². The van der Waals surface area contributed by atoms with Crippen LogP contribution in [-0.4, -0.2) is 0 Å². The highest BCUT2D eigenvalue weighted by molar-refractivity contribution is 5.39. The summed E-state index contributed by atoms with van der Waals surface area (Å²) >= 11 is 0. The second-order valence-electron chi connectivity index (χ2n) is 5.33. The average molecular weight is 253 g/mol. The smallest absolute Gasteiger partial charge is 0.0554 e. The summed E-state index contributed by atoms with van der Waals surface area (Å²) in [5.41, 5.74) is 12.7. The first-order chi connectivity index (χ1) is 9.11. The molecule has 2 aromatic carbocycles. The highest BCUT2D eigenvalue weighted by Gasteiger charge is 2.11. The van der Waals surface area contributed by atoms with Gasteiger partial charge in [0.05, 0.1) is 6.04 Å². The predicted octanol–water partition coefficient (Wildman–Crippen LogP) is 4.30. The lowest BCUT2D eigenvalue weighted by Crippen LogP contribution is -2.13. The van der Waals surface area contributed by atoms with Crippen LogP contribution in [0, 0.1) is 13.8 Å². The largest absolute Gasteiger partial charge is 0.320 e. The minimum absolute atomic E-state index is 0.0319. The lowest BCUT2D eigenvalue weighted by atomic mass is 9.93. The van der Waals surface area contributed by atoms with Crippen molar-refractivity contribution in [3.05, 3.63) is 70.3 Å². The van der Waals surface area contributed by atoms with E-state index in [1.807, 2.05) is 0 Å². The molecule has 1 nitrogen and oxygen atoms in total. The molecule has 0 saturated carbocycles. The van der Waals surface area contributed by atoms with Gasteiger partial charge in [-0.3, -0.25) is 0 Å². The van der Waals surface area contributed by atoms with Crippen LogP contribution in [0.4, 0.5) is 0 Å². The van der Waals surface area contributed by atoms with Crippen LogP contribution in [0.1, 0.15) is 47.2 Å². The van der Waals surface area contributed by atoms with Crippen molar-refractivity contribution in [2.24, 2.45) is 5.73 Å². The van der Waals surface area contributed by atoms with Crippen LogP contribution in [0.3, 0.4) is 0 Å². The molecule has 0 heterocycles. The molecule has 100 valence electrons. The SMILES string of the molecule is CCCc1ccc(C(N)c2cc(C)ccc2C)cc1. The van der Waals surface area contributed by atoms with Gasteiger partial charge >= 0.3 is 0 Å². The summed E-state index contributed by atoms with van der Waals surface area (Å²) < 4.78 is 0. The lowest BCUT2D eigenvalue weighted by Gasteiger charge is -2.16. The van der Waals surface area contributed by atoms with E-state index >= 15 is 0 Å². The Hall–Kier alpha value is -1.60. The van der Waals surface area contributed by atoms with E-state index in [9.17, 15) is 0 Å². The van der Waals surface area contributed by atoms with Gasteiger partial charge in [0, 0.05) is 0 Å². The van der Waals surface area contributed by atoms with Gasteiger partial charge in [-0.1, -0.05) is 61.4 Å². The number of aryl methyl sites for hydroxylation is 3. The monoisotopic (exact) mass is 253 g/mol. The summed E-state index contributed by atoms with van der Waals surface area (Å²) in [6.07, 6.45) is 2.32. The highest BCUT2D eigenvalue weighted by Crippen LogP contribution is 2.24. The van der Waals surface area contributed by atoms with Crippen molar-refractivity contribution in [1.29, 1.82) is 0 Å². The van der Waals surface area contributed by atoms with Crippen LogP contribution < -0.4 is 5.73 Å². The zero-order chi connectivity index (χ0) is 13.8. The molecule has 0 aliphatic heterocycles. The molecule has 0 aliphatic rings. The third-order valence-electron chi connectivity index (χ3n) is 3.65. The van der Waals surface area contributed by atoms with Gasteiger partial charge in [0.15, 0.2) is 0 Å². The zero-order valence-corrected chi connectivity index (χ0v) is 12.1. The van der Waals surface area contributed by atoms with Gasteiger partial charge in [0.25, 0.3) is 0 Å². The van der Waals surface area contributed by atoms with Crippen LogP contribution in [-0.2, 0) is 6.42 Å². The Balaban J connectivity index is 2.27. The lowest BCUT2D eigenvalue weighted by molar-refractivity contribution is 0.855. The average Bonchev–Trinajstić information content (AvgIpc) is 2.42. The third-order valence-corrected chi connectivity index (χ3v) is 3.65. The van der Waals surface area contributed by atoms with Crippen LogP contribution in [0.25, 0.3) is 0 Å². The molecule has 2 aromatic rings. The minimum atomic E-state index is -0.0319. The standard InChI is InChI=1S/C18H23N/c1-4-5-15-8-10-16(11-9-15)18(19)17-12-13(2)6-7-14(17)3/h6-12,18H,4-5,19H2,1-3H3. The predicted molar refractivity (Wildman–Crippen MR) is 82.4 cm³/mol. The maximum absolute atomic E-state index is 6.41. The van der Waals surface area contributed by atoms with E-state index in [0.717, 1.165) is 6.42 Å². The minimum Gasteiger partial charge on any atom is -0.320 e. The molecule has 2 rings (SSSR count). The molecule has 0 aromatic heterocycles. The normalized spacial score (nSPS) is 12.4. The molecular weight excluding hydrogens is 230 g/mol. The maximum Gasteiger partial charge on any atom is 0.0554 e. The molecule has 1 atom stereocenters. The fourth-order valence-corrected chi connectivity index (χ4v) is 2.45. The van der Waals surface area contributed by atoms with E-state index < -0.39 is 0 Å². The molecule has 1 heteroatoms. The Morgan fingerprint density at radius 1 is 1.00 bits per heavy atom. The fourth-order valence-electron chi connectivity index (χ4n) is 2.45. The van der Waals surface area contributed by atoms with E-state index in [0.29, 0.717) is 0 Å². The second-order valence-corrected chi connectivity index (χ2v) is 5.33. The topological polar surface area (TPSA) is 26.0 Å². The fraction of sp³-hybridized carbons (Fsp3) is 0.333. The van der Waals surface area contributed by atoms with Crippen LogP contribution in [0.2, 0.25) is 0 Å². The van der Waals surface area contributed by atoms with Gasteiger partial charge in [-0.25, -0.2) is 0 Å². The Labute approximate surface area is 116 Å². The Morgan fingerprint density at radius 2 is 1.68 bits per heavy atom. The van der Waals surface area contributed by atoms with Crippen molar-refractivity contribution >= 4 is 0 Å².